The molecule has 0 spiro atoms. The van der Waals surface area contributed by atoms with Crippen molar-refractivity contribution < 1.29 is 9.53 Å². The SMILES string of the molecule is CCCOCC(C)N(CC)C(=O)Cl. The van der Waals surface area contributed by atoms with E-state index >= 15 is 0 Å². The van der Waals surface area contributed by atoms with Crippen molar-refractivity contribution in [3.63, 3.8) is 0 Å². The van der Waals surface area contributed by atoms with E-state index in [4.69, 9.17) is 16.3 Å². The fraction of sp³-hybridized carbons (Fsp3) is 0.889. The van der Waals surface area contributed by atoms with E-state index in [0.717, 1.165) is 13.0 Å². The molecular formula is C9H18ClNO2. The average Bonchev–Trinajstić information content (AvgIpc) is 2.05. The third-order valence-electron chi connectivity index (χ3n) is 1.81. The van der Waals surface area contributed by atoms with Gasteiger partial charge in [0.15, 0.2) is 0 Å². The highest BCUT2D eigenvalue weighted by atomic mass is 35.5. The van der Waals surface area contributed by atoms with Crippen molar-refractivity contribution in [1.29, 1.82) is 0 Å². The Bertz CT molecular complexity index is 153. The second-order valence-corrected chi connectivity index (χ2v) is 3.29. The van der Waals surface area contributed by atoms with Gasteiger partial charge in [-0.05, 0) is 31.9 Å². The molecule has 1 atom stereocenters. The highest BCUT2D eigenvalue weighted by Gasteiger charge is 2.15. The largest absolute Gasteiger partial charge is 0.379 e. The highest BCUT2D eigenvalue weighted by Crippen LogP contribution is 2.04. The van der Waals surface area contributed by atoms with Gasteiger partial charge in [-0.1, -0.05) is 6.92 Å². The van der Waals surface area contributed by atoms with Gasteiger partial charge < -0.3 is 9.64 Å². The molecule has 0 aromatic heterocycles. The summed E-state index contributed by atoms with van der Waals surface area (Å²) in [6.45, 7) is 7.79. The molecule has 0 N–H and O–H groups in total. The molecule has 0 aliphatic rings. The summed E-state index contributed by atoms with van der Waals surface area (Å²) in [5.41, 5.74) is 0. The van der Waals surface area contributed by atoms with Crippen molar-refractivity contribution in [2.75, 3.05) is 19.8 Å². The van der Waals surface area contributed by atoms with Crippen LogP contribution in [0, 0.1) is 0 Å². The van der Waals surface area contributed by atoms with Gasteiger partial charge in [0.2, 0.25) is 0 Å². The smallest absolute Gasteiger partial charge is 0.316 e. The van der Waals surface area contributed by atoms with E-state index < -0.39 is 5.37 Å². The number of carbonyl (C=O) groups is 1. The molecule has 78 valence electrons. The minimum atomic E-state index is -0.407. The van der Waals surface area contributed by atoms with E-state index in [1.54, 1.807) is 4.90 Å². The third kappa shape index (κ3) is 5.11. The molecular weight excluding hydrogens is 190 g/mol. The zero-order valence-electron chi connectivity index (χ0n) is 8.55. The van der Waals surface area contributed by atoms with Crippen LogP contribution < -0.4 is 0 Å². The Morgan fingerprint density at radius 1 is 1.54 bits per heavy atom. The second kappa shape index (κ2) is 7.15. The molecule has 4 heteroatoms. The summed E-state index contributed by atoms with van der Waals surface area (Å²) in [7, 11) is 0. The van der Waals surface area contributed by atoms with Crippen LogP contribution in [0.5, 0.6) is 0 Å². The van der Waals surface area contributed by atoms with Gasteiger partial charge in [-0.3, -0.25) is 4.79 Å². The first-order valence-electron chi connectivity index (χ1n) is 4.67. The summed E-state index contributed by atoms with van der Waals surface area (Å²) in [4.78, 5) is 12.5. The van der Waals surface area contributed by atoms with E-state index in [9.17, 15) is 4.79 Å². The maximum absolute atomic E-state index is 10.9. The molecule has 0 saturated heterocycles. The predicted octanol–water partition coefficient (Wildman–Crippen LogP) is 2.48. The summed E-state index contributed by atoms with van der Waals surface area (Å²) in [5, 5.41) is -0.407. The molecule has 0 bridgehead atoms. The lowest BCUT2D eigenvalue weighted by Crippen LogP contribution is -2.38. The molecule has 0 radical (unpaired) electrons. The molecule has 1 amide bonds. The first kappa shape index (κ1) is 12.7. The van der Waals surface area contributed by atoms with Gasteiger partial charge in [0.05, 0.1) is 12.6 Å². The van der Waals surface area contributed by atoms with Gasteiger partial charge in [0, 0.05) is 13.2 Å². The fourth-order valence-electron chi connectivity index (χ4n) is 1.10. The molecule has 0 aromatic rings. The third-order valence-corrected chi connectivity index (χ3v) is 2.02. The minimum absolute atomic E-state index is 0.0570. The number of likely N-dealkylation sites (N-methyl/N-ethyl adjacent to an activating group) is 1. The topological polar surface area (TPSA) is 29.5 Å². The summed E-state index contributed by atoms with van der Waals surface area (Å²) in [5.74, 6) is 0. The van der Waals surface area contributed by atoms with Gasteiger partial charge >= 0.3 is 5.37 Å². The molecule has 0 aliphatic carbocycles. The Labute approximate surface area is 85.0 Å². The number of ether oxygens (including phenoxy) is 1. The zero-order valence-corrected chi connectivity index (χ0v) is 9.30. The number of hydrogen-bond acceptors (Lipinski definition) is 2. The fourth-order valence-corrected chi connectivity index (χ4v) is 1.38. The van der Waals surface area contributed by atoms with Crippen LogP contribution in [0.2, 0.25) is 0 Å². The minimum Gasteiger partial charge on any atom is -0.379 e. The zero-order chi connectivity index (χ0) is 10.3. The summed E-state index contributed by atoms with van der Waals surface area (Å²) < 4.78 is 5.33. The van der Waals surface area contributed by atoms with Crippen LogP contribution in [0.15, 0.2) is 0 Å². The van der Waals surface area contributed by atoms with Crippen LogP contribution in [0.3, 0.4) is 0 Å². The van der Waals surface area contributed by atoms with E-state index in [1.807, 2.05) is 13.8 Å². The molecule has 0 saturated carbocycles. The van der Waals surface area contributed by atoms with E-state index in [-0.39, 0.29) is 6.04 Å². The monoisotopic (exact) mass is 207 g/mol. The van der Waals surface area contributed by atoms with Crippen LogP contribution in [0.4, 0.5) is 4.79 Å². The van der Waals surface area contributed by atoms with Crippen molar-refractivity contribution in [2.24, 2.45) is 0 Å². The van der Waals surface area contributed by atoms with Crippen LogP contribution in [-0.4, -0.2) is 36.1 Å². The Balaban J connectivity index is 3.77. The molecule has 0 heterocycles. The standard InChI is InChI=1S/C9H18ClNO2/c1-4-6-13-7-8(3)11(5-2)9(10)12/h8H,4-7H2,1-3H3. The van der Waals surface area contributed by atoms with E-state index in [0.29, 0.717) is 13.2 Å². The van der Waals surface area contributed by atoms with Gasteiger partial charge in [-0.15, -0.1) is 0 Å². The first-order chi connectivity index (χ1) is 6.13. The summed E-state index contributed by atoms with van der Waals surface area (Å²) in [6, 6.07) is 0.0570. The molecule has 13 heavy (non-hydrogen) atoms. The normalized spacial score (nSPS) is 12.6. The maximum Gasteiger partial charge on any atom is 0.316 e. The second-order valence-electron chi connectivity index (χ2n) is 2.96. The number of halogens is 1. The molecule has 1 unspecified atom stereocenters. The first-order valence-corrected chi connectivity index (χ1v) is 5.05. The van der Waals surface area contributed by atoms with Crippen molar-refractivity contribution in [3.05, 3.63) is 0 Å². The van der Waals surface area contributed by atoms with E-state index in [1.165, 1.54) is 0 Å². The van der Waals surface area contributed by atoms with Crippen LogP contribution in [0.25, 0.3) is 0 Å². The Morgan fingerprint density at radius 3 is 2.54 bits per heavy atom. The molecule has 0 aromatic carbocycles. The summed E-state index contributed by atoms with van der Waals surface area (Å²) in [6.07, 6.45) is 0.994. The van der Waals surface area contributed by atoms with Crippen molar-refractivity contribution >= 4 is 17.0 Å². The number of amides is 1. The van der Waals surface area contributed by atoms with Crippen molar-refractivity contribution in [3.8, 4) is 0 Å². The lowest BCUT2D eigenvalue weighted by atomic mass is 10.3. The van der Waals surface area contributed by atoms with Gasteiger partial charge in [0.25, 0.3) is 0 Å². The maximum atomic E-state index is 10.9. The lowest BCUT2D eigenvalue weighted by Gasteiger charge is -2.25. The molecule has 0 fully saturated rings. The van der Waals surface area contributed by atoms with Gasteiger partial charge in [-0.25, -0.2) is 0 Å². The van der Waals surface area contributed by atoms with Crippen LogP contribution in [-0.2, 0) is 4.74 Å². The average molecular weight is 208 g/mol. The quantitative estimate of drug-likeness (QED) is 0.381. The highest BCUT2D eigenvalue weighted by molar-refractivity contribution is 6.62. The van der Waals surface area contributed by atoms with Crippen molar-refractivity contribution in [2.45, 2.75) is 33.2 Å². The number of nitrogens with zero attached hydrogens (tertiary/aromatic N) is 1. The predicted molar refractivity (Wildman–Crippen MR) is 54.2 cm³/mol. The lowest BCUT2D eigenvalue weighted by molar-refractivity contribution is 0.0848. The number of carbonyl (C=O) groups excluding carboxylic acids is 1. The molecule has 0 aliphatic heterocycles. The summed E-state index contributed by atoms with van der Waals surface area (Å²) >= 11 is 5.38. The van der Waals surface area contributed by atoms with Gasteiger partial charge in [0.1, 0.15) is 0 Å². The van der Waals surface area contributed by atoms with Crippen LogP contribution >= 0.6 is 11.6 Å². The Morgan fingerprint density at radius 2 is 2.15 bits per heavy atom. The van der Waals surface area contributed by atoms with Crippen LogP contribution in [0.1, 0.15) is 27.2 Å². The molecule has 3 nitrogen and oxygen atoms in total. The number of rotatable bonds is 6. The van der Waals surface area contributed by atoms with Crippen molar-refractivity contribution in [1.82, 2.24) is 4.90 Å². The number of hydrogen-bond donors (Lipinski definition) is 0. The Hall–Kier alpha value is -0.280. The molecule has 0 rings (SSSR count). The Kier molecular flexibility index (Phi) is 7.00. The van der Waals surface area contributed by atoms with Gasteiger partial charge in [-0.2, -0.15) is 0 Å². The van der Waals surface area contributed by atoms with E-state index in [2.05, 4.69) is 6.92 Å².